The molecule has 1 aromatic heterocycles. The predicted octanol–water partition coefficient (Wildman–Crippen LogP) is 3.53. The van der Waals surface area contributed by atoms with E-state index in [1.54, 1.807) is 14.2 Å². The predicted molar refractivity (Wildman–Crippen MR) is 114 cm³/mol. The van der Waals surface area contributed by atoms with E-state index in [0.29, 0.717) is 17.5 Å². The number of rotatable bonds is 5. The summed E-state index contributed by atoms with van der Waals surface area (Å²) in [5.41, 5.74) is 1.78. The van der Waals surface area contributed by atoms with Crippen LogP contribution in [0.25, 0.3) is 11.3 Å². The number of halogens is 2. The van der Waals surface area contributed by atoms with Crippen molar-refractivity contribution in [3.05, 3.63) is 30.3 Å². The van der Waals surface area contributed by atoms with E-state index < -0.39 is 0 Å². The monoisotopic (exact) mass is 414 g/mol. The Balaban J connectivity index is 0.00000182. The molecule has 0 amide bonds. The van der Waals surface area contributed by atoms with Gasteiger partial charge in [-0.1, -0.05) is 0 Å². The zero-order valence-corrected chi connectivity index (χ0v) is 17.8. The van der Waals surface area contributed by atoms with E-state index in [4.69, 9.17) is 9.47 Å². The van der Waals surface area contributed by atoms with E-state index in [2.05, 4.69) is 33.8 Å². The molecule has 1 aromatic carbocycles. The summed E-state index contributed by atoms with van der Waals surface area (Å²) in [6.07, 6.45) is 0. The van der Waals surface area contributed by atoms with Crippen LogP contribution in [0.2, 0.25) is 0 Å². The van der Waals surface area contributed by atoms with E-state index in [9.17, 15) is 0 Å². The number of hydrogen-bond donors (Lipinski definition) is 0. The van der Waals surface area contributed by atoms with Crippen LogP contribution in [0.3, 0.4) is 0 Å². The Labute approximate surface area is 173 Å². The first kappa shape index (κ1) is 23.3. The standard InChI is InChI=1S/C19H26N4O2.2ClH/c1-14(2)22-9-11-23(12-10-22)19-8-6-16(20-21-19)15-5-7-17(24-3)18(13-15)25-4;;/h5-8,13-14H,9-12H2,1-4H3;2*1H. The van der Waals surface area contributed by atoms with E-state index in [-0.39, 0.29) is 24.8 Å². The molecule has 1 fully saturated rings. The van der Waals surface area contributed by atoms with Gasteiger partial charge < -0.3 is 14.4 Å². The Hall–Kier alpha value is -1.76. The van der Waals surface area contributed by atoms with Crippen LogP contribution in [-0.2, 0) is 0 Å². The third-order valence-corrected chi connectivity index (χ3v) is 4.70. The highest BCUT2D eigenvalue weighted by molar-refractivity contribution is 5.85. The van der Waals surface area contributed by atoms with Crippen molar-refractivity contribution < 1.29 is 9.47 Å². The van der Waals surface area contributed by atoms with Gasteiger partial charge in [0.15, 0.2) is 17.3 Å². The van der Waals surface area contributed by atoms with E-state index >= 15 is 0 Å². The molecule has 2 aromatic rings. The molecule has 150 valence electrons. The van der Waals surface area contributed by atoms with Gasteiger partial charge in [-0.2, -0.15) is 0 Å². The number of benzene rings is 1. The van der Waals surface area contributed by atoms with Crippen molar-refractivity contribution in [2.75, 3.05) is 45.3 Å². The molecule has 0 atom stereocenters. The summed E-state index contributed by atoms with van der Waals surface area (Å²) in [6, 6.07) is 10.4. The number of ether oxygens (including phenoxy) is 2. The van der Waals surface area contributed by atoms with Crippen LogP contribution in [0.4, 0.5) is 5.82 Å². The van der Waals surface area contributed by atoms with Gasteiger partial charge in [0.05, 0.1) is 19.9 Å². The van der Waals surface area contributed by atoms with Crippen LogP contribution in [0.5, 0.6) is 11.5 Å². The zero-order chi connectivity index (χ0) is 17.8. The first-order valence-electron chi connectivity index (χ1n) is 8.67. The summed E-state index contributed by atoms with van der Waals surface area (Å²) in [4.78, 5) is 4.78. The number of anilines is 1. The second-order valence-electron chi connectivity index (χ2n) is 6.46. The van der Waals surface area contributed by atoms with Crippen molar-refractivity contribution >= 4 is 30.6 Å². The average molecular weight is 415 g/mol. The Morgan fingerprint density at radius 3 is 2.04 bits per heavy atom. The smallest absolute Gasteiger partial charge is 0.161 e. The first-order valence-corrected chi connectivity index (χ1v) is 8.67. The van der Waals surface area contributed by atoms with Crippen LogP contribution in [0, 0.1) is 0 Å². The lowest BCUT2D eigenvalue weighted by atomic mass is 10.1. The topological polar surface area (TPSA) is 50.7 Å². The molecule has 27 heavy (non-hydrogen) atoms. The third-order valence-electron chi connectivity index (χ3n) is 4.70. The first-order chi connectivity index (χ1) is 12.1. The molecule has 2 heterocycles. The number of aromatic nitrogens is 2. The number of piperazine rings is 1. The van der Waals surface area contributed by atoms with Crippen molar-refractivity contribution in [1.82, 2.24) is 15.1 Å². The van der Waals surface area contributed by atoms with Gasteiger partial charge in [-0.25, -0.2) is 0 Å². The highest BCUT2D eigenvalue weighted by Gasteiger charge is 2.20. The summed E-state index contributed by atoms with van der Waals surface area (Å²) < 4.78 is 10.6. The van der Waals surface area contributed by atoms with E-state index in [0.717, 1.165) is 43.3 Å². The van der Waals surface area contributed by atoms with Gasteiger partial charge in [-0.3, -0.25) is 4.90 Å². The molecule has 0 spiro atoms. The highest BCUT2D eigenvalue weighted by Crippen LogP contribution is 2.31. The van der Waals surface area contributed by atoms with Crippen LogP contribution >= 0.6 is 24.8 Å². The van der Waals surface area contributed by atoms with Crippen LogP contribution < -0.4 is 14.4 Å². The van der Waals surface area contributed by atoms with Crippen molar-refractivity contribution in [3.8, 4) is 22.8 Å². The minimum absolute atomic E-state index is 0. The van der Waals surface area contributed by atoms with Crippen molar-refractivity contribution in [2.45, 2.75) is 19.9 Å². The molecule has 0 saturated carbocycles. The molecular formula is C19H28Cl2N4O2. The fourth-order valence-electron chi connectivity index (χ4n) is 3.11. The normalized spacial score (nSPS) is 14.3. The Kier molecular flexibility index (Phi) is 9.09. The van der Waals surface area contributed by atoms with Crippen LogP contribution in [0.1, 0.15) is 13.8 Å². The number of hydrogen-bond acceptors (Lipinski definition) is 6. The molecule has 0 unspecified atom stereocenters. The summed E-state index contributed by atoms with van der Waals surface area (Å²) >= 11 is 0. The van der Waals surface area contributed by atoms with Crippen molar-refractivity contribution in [1.29, 1.82) is 0 Å². The minimum Gasteiger partial charge on any atom is -0.493 e. The maximum absolute atomic E-state index is 5.36. The molecule has 8 heteroatoms. The average Bonchev–Trinajstić information content (AvgIpc) is 2.67. The third kappa shape index (κ3) is 5.37. The van der Waals surface area contributed by atoms with Gasteiger partial charge in [0.25, 0.3) is 0 Å². The largest absolute Gasteiger partial charge is 0.493 e. The second kappa shape index (κ2) is 10.5. The molecule has 0 bridgehead atoms. The fraction of sp³-hybridized carbons (Fsp3) is 0.474. The number of methoxy groups -OCH3 is 2. The molecule has 6 nitrogen and oxygen atoms in total. The van der Waals surface area contributed by atoms with E-state index in [1.165, 1.54) is 0 Å². The Morgan fingerprint density at radius 1 is 0.852 bits per heavy atom. The van der Waals surface area contributed by atoms with Gasteiger partial charge in [0.1, 0.15) is 0 Å². The molecule has 0 N–H and O–H groups in total. The lowest BCUT2D eigenvalue weighted by Gasteiger charge is -2.37. The quantitative estimate of drug-likeness (QED) is 0.745. The Morgan fingerprint density at radius 2 is 1.52 bits per heavy atom. The lowest BCUT2D eigenvalue weighted by molar-refractivity contribution is 0.209. The van der Waals surface area contributed by atoms with Crippen LogP contribution in [-0.4, -0.2) is 61.5 Å². The summed E-state index contributed by atoms with van der Waals surface area (Å²) in [6.45, 7) is 8.60. The maximum Gasteiger partial charge on any atom is 0.161 e. The van der Waals surface area contributed by atoms with Gasteiger partial charge >= 0.3 is 0 Å². The molecule has 3 rings (SSSR count). The van der Waals surface area contributed by atoms with E-state index in [1.807, 2.05) is 30.3 Å². The van der Waals surface area contributed by atoms with Crippen molar-refractivity contribution in [2.24, 2.45) is 0 Å². The summed E-state index contributed by atoms with van der Waals surface area (Å²) in [7, 11) is 3.26. The molecule has 1 saturated heterocycles. The van der Waals surface area contributed by atoms with Crippen LogP contribution in [0.15, 0.2) is 30.3 Å². The summed E-state index contributed by atoms with van der Waals surface area (Å²) in [5.74, 6) is 2.34. The lowest BCUT2D eigenvalue weighted by Crippen LogP contribution is -2.49. The summed E-state index contributed by atoms with van der Waals surface area (Å²) in [5, 5.41) is 8.84. The SMILES string of the molecule is COc1ccc(-c2ccc(N3CCN(C(C)C)CC3)nn2)cc1OC.Cl.Cl. The Bertz CT molecular complexity index is 705. The number of nitrogens with zero attached hydrogens (tertiary/aromatic N) is 4. The van der Waals surface area contributed by atoms with Gasteiger partial charge in [-0.05, 0) is 44.2 Å². The van der Waals surface area contributed by atoms with Gasteiger partial charge in [0, 0.05) is 37.8 Å². The molecule has 1 aliphatic rings. The van der Waals surface area contributed by atoms with Crippen molar-refractivity contribution in [3.63, 3.8) is 0 Å². The molecular weight excluding hydrogens is 387 g/mol. The zero-order valence-electron chi connectivity index (χ0n) is 16.2. The molecule has 0 radical (unpaired) electrons. The second-order valence-corrected chi connectivity index (χ2v) is 6.46. The van der Waals surface area contributed by atoms with Gasteiger partial charge in [0.2, 0.25) is 0 Å². The highest BCUT2D eigenvalue weighted by atomic mass is 35.5. The molecule has 1 aliphatic heterocycles. The molecule has 0 aliphatic carbocycles. The minimum atomic E-state index is 0. The van der Waals surface area contributed by atoms with Gasteiger partial charge in [-0.15, -0.1) is 35.0 Å². The maximum atomic E-state index is 5.36. The fourth-order valence-corrected chi connectivity index (χ4v) is 3.11.